The minimum Gasteiger partial charge on any atom is -0.481 e. The van der Waals surface area contributed by atoms with E-state index in [4.69, 9.17) is 9.72 Å². The summed E-state index contributed by atoms with van der Waals surface area (Å²) >= 11 is 2.78. The average Bonchev–Trinajstić information content (AvgIpc) is 3.44. The SMILES string of the molecule is CCN(CC)c1ccc(-c2csc(C3CCN(C(=O)C(C)Sc4nc(OC)ccc4[N+](=O)[O-])CC3)n2)cc1. The van der Waals surface area contributed by atoms with Gasteiger partial charge in [0.05, 0.1) is 28.0 Å². The van der Waals surface area contributed by atoms with E-state index in [1.165, 1.54) is 24.9 Å². The number of methoxy groups -OCH3 is 1. The highest BCUT2D eigenvalue weighted by atomic mass is 32.2. The number of carbonyl (C=O) groups is 1. The van der Waals surface area contributed by atoms with Gasteiger partial charge in [-0.2, -0.15) is 4.98 Å². The summed E-state index contributed by atoms with van der Waals surface area (Å²) in [5.41, 5.74) is 3.20. The molecule has 1 saturated heterocycles. The van der Waals surface area contributed by atoms with Crippen molar-refractivity contribution in [1.82, 2.24) is 14.9 Å². The highest BCUT2D eigenvalue weighted by Gasteiger charge is 2.30. The van der Waals surface area contributed by atoms with E-state index in [0.29, 0.717) is 19.0 Å². The fourth-order valence-electron chi connectivity index (χ4n) is 4.62. The second-order valence-corrected chi connectivity index (χ2v) is 11.3. The number of carbonyl (C=O) groups excluding carboxylic acids is 1. The highest BCUT2D eigenvalue weighted by Crippen LogP contribution is 2.36. The number of nitrogens with zero attached hydrogens (tertiary/aromatic N) is 5. The Hall–Kier alpha value is -3.18. The van der Waals surface area contributed by atoms with E-state index in [1.807, 2.05) is 4.90 Å². The predicted octanol–water partition coefficient (Wildman–Crippen LogP) is 5.85. The average molecular weight is 556 g/mol. The van der Waals surface area contributed by atoms with E-state index < -0.39 is 10.2 Å². The summed E-state index contributed by atoms with van der Waals surface area (Å²) < 4.78 is 5.11. The van der Waals surface area contributed by atoms with Gasteiger partial charge in [0.2, 0.25) is 11.8 Å². The first-order valence-electron chi connectivity index (χ1n) is 12.8. The number of hydrogen-bond acceptors (Lipinski definition) is 9. The lowest BCUT2D eigenvalue weighted by Crippen LogP contribution is -2.41. The van der Waals surface area contributed by atoms with Gasteiger partial charge in [-0.1, -0.05) is 23.9 Å². The summed E-state index contributed by atoms with van der Waals surface area (Å²) in [5, 5.41) is 14.3. The van der Waals surface area contributed by atoms with E-state index in [2.05, 4.69) is 53.4 Å². The minimum absolute atomic E-state index is 0.0412. The van der Waals surface area contributed by atoms with Crippen molar-refractivity contribution in [2.45, 2.75) is 49.8 Å². The van der Waals surface area contributed by atoms with Gasteiger partial charge in [0, 0.05) is 60.9 Å². The van der Waals surface area contributed by atoms with Crippen LogP contribution < -0.4 is 9.64 Å². The highest BCUT2D eigenvalue weighted by molar-refractivity contribution is 8.00. The monoisotopic (exact) mass is 555 g/mol. The Balaban J connectivity index is 1.35. The van der Waals surface area contributed by atoms with E-state index in [1.54, 1.807) is 18.3 Å². The molecule has 0 radical (unpaired) electrons. The molecule has 1 amide bonds. The molecular weight excluding hydrogens is 522 g/mol. The number of piperidine rings is 1. The van der Waals surface area contributed by atoms with Crippen LogP contribution in [0.5, 0.6) is 5.88 Å². The molecule has 0 bridgehead atoms. The molecule has 1 aliphatic rings. The third-order valence-corrected chi connectivity index (χ3v) is 8.91. The van der Waals surface area contributed by atoms with Gasteiger partial charge in [-0.05, 0) is 45.7 Å². The number of anilines is 1. The molecule has 38 heavy (non-hydrogen) atoms. The topological polar surface area (TPSA) is 102 Å². The van der Waals surface area contributed by atoms with Crippen LogP contribution in [-0.4, -0.2) is 64.2 Å². The molecule has 1 aromatic carbocycles. The molecule has 9 nitrogen and oxygen atoms in total. The molecule has 202 valence electrons. The largest absolute Gasteiger partial charge is 0.481 e. The van der Waals surface area contributed by atoms with Crippen LogP contribution in [0.3, 0.4) is 0 Å². The van der Waals surface area contributed by atoms with Crippen LogP contribution in [0.1, 0.15) is 44.5 Å². The fraction of sp³-hybridized carbons (Fsp3) is 0.444. The number of amides is 1. The van der Waals surface area contributed by atoms with Crippen molar-refractivity contribution in [1.29, 1.82) is 0 Å². The third kappa shape index (κ3) is 6.27. The molecule has 1 fully saturated rings. The molecule has 0 saturated carbocycles. The Bertz CT molecular complexity index is 1250. The van der Waals surface area contributed by atoms with Gasteiger partial charge in [0.25, 0.3) is 0 Å². The molecule has 3 heterocycles. The van der Waals surface area contributed by atoms with Gasteiger partial charge in [-0.15, -0.1) is 11.3 Å². The summed E-state index contributed by atoms with van der Waals surface area (Å²) in [7, 11) is 1.45. The molecule has 11 heteroatoms. The van der Waals surface area contributed by atoms with Crippen LogP contribution in [0, 0.1) is 10.1 Å². The van der Waals surface area contributed by atoms with Gasteiger partial charge in [0.1, 0.15) is 0 Å². The number of rotatable bonds is 10. The third-order valence-electron chi connectivity index (χ3n) is 6.83. The molecule has 0 aliphatic carbocycles. The first kappa shape index (κ1) is 27.8. The van der Waals surface area contributed by atoms with Crippen molar-refractivity contribution in [3.8, 4) is 17.1 Å². The van der Waals surface area contributed by atoms with E-state index in [9.17, 15) is 14.9 Å². The van der Waals surface area contributed by atoms with Crippen LogP contribution >= 0.6 is 23.1 Å². The summed E-state index contributed by atoms with van der Waals surface area (Å²) in [6.45, 7) is 9.31. The molecule has 3 aromatic rings. The maximum absolute atomic E-state index is 13.1. The summed E-state index contributed by atoms with van der Waals surface area (Å²) in [6.07, 6.45) is 1.68. The van der Waals surface area contributed by atoms with Crippen molar-refractivity contribution in [3.63, 3.8) is 0 Å². The second-order valence-electron chi connectivity index (χ2n) is 9.08. The first-order valence-corrected chi connectivity index (χ1v) is 14.6. The molecule has 0 N–H and O–H groups in total. The molecule has 2 aromatic heterocycles. The number of pyridine rings is 1. The Morgan fingerprint density at radius 1 is 1.18 bits per heavy atom. The van der Waals surface area contributed by atoms with Gasteiger partial charge >= 0.3 is 5.69 Å². The number of ether oxygens (including phenoxy) is 1. The lowest BCUT2D eigenvalue weighted by Gasteiger charge is -2.32. The van der Waals surface area contributed by atoms with Crippen molar-refractivity contribution in [2.75, 3.05) is 38.2 Å². The Labute approximate surface area is 231 Å². The second kappa shape index (κ2) is 12.6. The Morgan fingerprint density at radius 3 is 2.47 bits per heavy atom. The van der Waals surface area contributed by atoms with Crippen LogP contribution in [0.25, 0.3) is 11.3 Å². The number of thioether (sulfide) groups is 1. The van der Waals surface area contributed by atoms with Crippen LogP contribution in [-0.2, 0) is 4.79 Å². The standard InChI is InChI=1S/C27H33N5O4S2/c1-5-30(6-2)21-9-7-19(8-10-21)22-17-37-25(28-22)20-13-15-31(16-14-20)27(33)18(3)38-26-23(32(34)35)11-12-24(29-26)36-4/h7-12,17-18,20H,5-6,13-16H2,1-4H3. The number of hydrogen-bond donors (Lipinski definition) is 0. The smallest absolute Gasteiger partial charge is 0.301 e. The summed E-state index contributed by atoms with van der Waals surface area (Å²) in [4.78, 5) is 37.4. The first-order chi connectivity index (χ1) is 18.3. The van der Waals surface area contributed by atoms with Gasteiger partial charge in [-0.3, -0.25) is 14.9 Å². The molecule has 0 spiro atoms. The van der Waals surface area contributed by atoms with Gasteiger partial charge in [-0.25, -0.2) is 4.98 Å². The van der Waals surface area contributed by atoms with Gasteiger partial charge < -0.3 is 14.5 Å². The zero-order valence-corrected chi connectivity index (χ0v) is 23.8. The number of nitro groups is 1. The lowest BCUT2D eigenvalue weighted by atomic mass is 9.97. The fourth-order valence-corrected chi connectivity index (χ4v) is 6.61. The molecule has 4 rings (SSSR count). The van der Waals surface area contributed by atoms with Crippen LogP contribution in [0.2, 0.25) is 0 Å². The van der Waals surface area contributed by atoms with Crippen molar-refractivity contribution >= 4 is 40.4 Å². The van der Waals surface area contributed by atoms with Crippen molar-refractivity contribution < 1.29 is 14.5 Å². The maximum Gasteiger partial charge on any atom is 0.301 e. The van der Waals surface area contributed by atoms with Gasteiger partial charge in [0.15, 0.2) is 5.03 Å². The number of thiazole rings is 1. The van der Waals surface area contributed by atoms with Crippen LogP contribution in [0.15, 0.2) is 46.8 Å². The Morgan fingerprint density at radius 2 is 1.87 bits per heavy atom. The molecule has 1 atom stereocenters. The Kier molecular flexibility index (Phi) is 9.22. The predicted molar refractivity (Wildman–Crippen MR) is 152 cm³/mol. The van der Waals surface area contributed by atoms with E-state index >= 15 is 0 Å². The minimum atomic E-state index is -0.504. The maximum atomic E-state index is 13.1. The molecule has 1 aliphatic heterocycles. The molecular formula is C27H33N5O4S2. The quantitative estimate of drug-likeness (QED) is 0.174. The number of likely N-dealkylation sites (tertiary alicyclic amines) is 1. The zero-order valence-electron chi connectivity index (χ0n) is 22.1. The van der Waals surface area contributed by atoms with Crippen molar-refractivity contribution in [3.05, 3.63) is 56.9 Å². The van der Waals surface area contributed by atoms with Crippen molar-refractivity contribution in [2.24, 2.45) is 0 Å². The summed E-state index contributed by atoms with van der Waals surface area (Å²) in [6, 6.07) is 11.4. The number of benzene rings is 1. The normalized spacial score (nSPS) is 14.8. The summed E-state index contributed by atoms with van der Waals surface area (Å²) in [5.74, 6) is 0.554. The van der Waals surface area contributed by atoms with E-state index in [-0.39, 0.29) is 22.5 Å². The molecule has 1 unspecified atom stereocenters. The zero-order chi connectivity index (χ0) is 27.2. The van der Waals surface area contributed by atoms with E-state index in [0.717, 1.165) is 54.0 Å². The number of aromatic nitrogens is 2. The van der Waals surface area contributed by atoms with Crippen LogP contribution in [0.4, 0.5) is 11.4 Å². The lowest BCUT2D eigenvalue weighted by molar-refractivity contribution is -0.388.